The van der Waals surface area contributed by atoms with Gasteiger partial charge in [-0.2, -0.15) is 0 Å². The minimum atomic E-state index is -1.00. The zero-order chi connectivity index (χ0) is 27.5. The van der Waals surface area contributed by atoms with Gasteiger partial charge < -0.3 is 47.7 Å². The number of hydrogen-bond acceptors (Lipinski definition) is 12. The molecule has 14 nitrogen and oxygen atoms in total. The summed E-state index contributed by atoms with van der Waals surface area (Å²) in [5.41, 5.74) is 0.0204. The molecule has 0 aliphatic carbocycles. The number of benzene rings is 1. The lowest BCUT2D eigenvalue weighted by atomic mass is 10.3. The summed E-state index contributed by atoms with van der Waals surface area (Å²) in [5, 5.41) is 19.0. The van der Waals surface area contributed by atoms with Crippen LogP contribution in [0.2, 0.25) is 0 Å². The number of non-ortho nitro benzene ring substituents is 1. The Morgan fingerprint density at radius 2 is 0.895 bits per heavy atom. The highest BCUT2D eigenvalue weighted by Crippen LogP contribution is 2.17. The number of nitro benzene ring substituents is 1. The Bertz CT molecular complexity index is 705. The zero-order valence-electron chi connectivity index (χ0n) is 21.6. The van der Waals surface area contributed by atoms with E-state index in [2.05, 4.69) is 0 Å². The van der Waals surface area contributed by atoms with E-state index in [1.165, 1.54) is 12.1 Å². The van der Waals surface area contributed by atoms with Crippen molar-refractivity contribution in [2.45, 2.75) is 0 Å². The molecule has 0 bridgehead atoms. The molecule has 218 valence electrons. The molecule has 0 fully saturated rings. The topological polar surface area (TPSA) is 164 Å². The second kappa shape index (κ2) is 24.9. The summed E-state index contributed by atoms with van der Waals surface area (Å²) >= 11 is 0. The van der Waals surface area contributed by atoms with Gasteiger partial charge in [0, 0.05) is 12.1 Å². The first-order valence-electron chi connectivity index (χ1n) is 12.3. The predicted octanol–water partition coefficient (Wildman–Crippen LogP) is 1.19. The number of nitrogens with zero attached hydrogens (tertiary/aromatic N) is 1. The average molecular weight is 550 g/mol. The maximum Gasteiger partial charge on any atom is 0.329 e. The summed E-state index contributed by atoms with van der Waals surface area (Å²) < 4.78 is 47.9. The summed E-state index contributed by atoms with van der Waals surface area (Å²) in [6, 6.07) is 5.88. The first-order chi connectivity index (χ1) is 18.6. The molecule has 38 heavy (non-hydrogen) atoms. The Morgan fingerprint density at radius 3 is 1.21 bits per heavy atom. The van der Waals surface area contributed by atoms with Crippen molar-refractivity contribution in [3.8, 4) is 5.75 Å². The molecular weight excluding hydrogens is 510 g/mol. The maximum absolute atomic E-state index is 10.6. The molecule has 0 aromatic heterocycles. The smallest absolute Gasteiger partial charge is 0.329 e. The Balaban J connectivity index is 1.69. The van der Waals surface area contributed by atoms with E-state index >= 15 is 0 Å². The molecule has 0 unspecified atom stereocenters. The van der Waals surface area contributed by atoms with Crippen molar-refractivity contribution in [2.24, 2.45) is 0 Å². The van der Waals surface area contributed by atoms with E-state index in [-0.39, 0.29) is 18.9 Å². The van der Waals surface area contributed by atoms with Crippen LogP contribution in [0.15, 0.2) is 24.3 Å². The number of carboxylic acid groups (broad SMARTS) is 1. The van der Waals surface area contributed by atoms with Crippen LogP contribution in [0.1, 0.15) is 0 Å². The van der Waals surface area contributed by atoms with Crippen molar-refractivity contribution in [2.75, 3.05) is 112 Å². The molecule has 0 aliphatic rings. The van der Waals surface area contributed by atoms with E-state index < -0.39 is 10.9 Å². The molecule has 0 saturated heterocycles. The van der Waals surface area contributed by atoms with Gasteiger partial charge in [0.15, 0.2) is 0 Å². The Hall–Kier alpha value is -2.43. The fourth-order valence-electron chi connectivity index (χ4n) is 2.58. The van der Waals surface area contributed by atoms with Gasteiger partial charge in [0.2, 0.25) is 0 Å². The van der Waals surface area contributed by atoms with E-state index in [0.717, 1.165) is 0 Å². The molecule has 0 aliphatic heterocycles. The van der Waals surface area contributed by atoms with E-state index in [4.69, 9.17) is 47.7 Å². The number of ether oxygens (including phenoxy) is 9. The fourth-order valence-corrected chi connectivity index (χ4v) is 2.58. The van der Waals surface area contributed by atoms with E-state index in [1.54, 1.807) is 12.1 Å². The van der Waals surface area contributed by atoms with Crippen molar-refractivity contribution >= 4 is 11.7 Å². The molecule has 0 spiro atoms. The lowest BCUT2D eigenvalue weighted by molar-refractivity contribution is -0.384. The van der Waals surface area contributed by atoms with Crippen LogP contribution in [-0.2, 0) is 42.7 Å². The minimum absolute atomic E-state index is 0.0204. The van der Waals surface area contributed by atoms with Gasteiger partial charge in [0.25, 0.3) is 5.69 Å². The van der Waals surface area contributed by atoms with E-state index in [0.29, 0.717) is 105 Å². The van der Waals surface area contributed by atoms with Crippen molar-refractivity contribution in [3.63, 3.8) is 0 Å². The van der Waals surface area contributed by atoms with Gasteiger partial charge in [-0.05, 0) is 12.1 Å². The molecule has 1 aromatic carbocycles. The Labute approximate surface area is 222 Å². The van der Waals surface area contributed by atoms with Crippen molar-refractivity contribution < 1.29 is 57.5 Å². The predicted molar refractivity (Wildman–Crippen MR) is 133 cm³/mol. The van der Waals surface area contributed by atoms with Crippen LogP contribution in [0, 0.1) is 10.1 Å². The van der Waals surface area contributed by atoms with Crippen LogP contribution in [0.3, 0.4) is 0 Å². The van der Waals surface area contributed by atoms with Gasteiger partial charge in [-0.1, -0.05) is 0 Å². The first kappa shape index (κ1) is 33.6. The highest BCUT2D eigenvalue weighted by Gasteiger charge is 2.04. The number of hydrogen-bond donors (Lipinski definition) is 1. The maximum atomic E-state index is 10.6. The molecule has 1 rings (SSSR count). The third-order valence-electron chi connectivity index (χ3n) is 4.37. The standard InChI is InChI=1S/C24H39NO13/c26-24(27)21-37-18-17-35-14-13-33-10-9-31-6-5-30-7-8-32-11-12-34-15-16-36-19-20-38-23-3-1-22(2-4-23)25(28)29/h1-4H,5-21H2,(H,26,27). The summed E-state index contributed by atoms with van der Waals surface area (Å²) in [6.45, 7) is 6.31. The van der Waals surface area contributed by atoms with E-state index in [1.807, 2.05) is 0 Å². The second-order valence-corrected chi connectivity index (χ2v) is 7.33. The third-order valence-corrected chi connectivity index (χ3v) is 4.37. The van der Waals surface area contributed by atoms with Crippen LogP contribution in [-0.4, -0.2) is 128 Å². The summed E-state index contributed by atoms with van der Waals surface area (Å²) in [5.74, 6) is -0.453. The monoisotopic (exact) mass is 549 g/mol. The van der Waals surface area contributed by atoms with Gasteiger partial charge >= 0.3 is 5.97 Å². The molecular formula is C24H39NO13. The molecule has 14 heteroatoms. The molecule has 1 N–H and O–H groups in total. The number of rotatable bonds is 28. The van der Waals surface area contributed by atoms with Gasteiger partial charge in [-0.25, -0.2) is 4.79 Å². The lowest BCUT2D eigenvalue weighted by Crippen LogP contribution is -2.15. The molecule has 0 heterocycles. The van der Waals surface area contributed by atoms with Gasteiger partial charge in [0.1, 0.15) is 19.0 Å². The molecule has 1 aromatic rings. The Morgan fingerprint density at radius 1 is 0.579 bits per heavy atom. The van der Waals surface area contributed by atoms with Crippen LogP contribution in [0.4, 0.5) is 5.69 Å². The largest absolute Gasteiger partial charge is 0.491 e. The molecule has 0 radical (unpaired) electrons. The SMILES string of the molecule is O=C(O)COCCOCCOCCOCCOCCOCCOCCOCCOc1ccc([N+](=O)[O-])cc1. The number of aliphatic carboxylic acids is 1. The first-order valence-corrected chi connectivity index (χ1v) is 12.3. The molecule has 0 atom stereocenters. The summed E-state index contributed by atoms with van der Waals surface area (Å²) in [6.07, 6.45) is 0. The Kier molecular flexibility index (Phi) is 22.0. The second-order valence-electron chi connectivity index (χ2n) is 7.33. The van der Waals surface area contributed by atoms with Gasteiger partial charge in [-0.15, -0.1) is 0 Å². The number of carboxylic acids is 1. The van der Waals surface area contributed by atoms with Gasteiger partial charge in [-0.3, -0.25) is 10.1 Å². The highest BCUT2D eigenvalue weighted by molar-refractivity contribution is 5.67. The van der Waals surface area contributed by atoms with Gasteiger partial charge in [0.05, 0.1) is 104 Å². The summed E-state index contributed by atoms with van der Waals surface area (Å²) in [4.78, 5) is 20.4. The molecule has 0 amide bonds. The fraction of sp³-hybridized carbons (Fsp3) is 0.708. The van der Waals surface area contributed by atoms with Crippen LogP contribution < -0.4 is 4.74 Å². The van der Waals surface area contributed by atoms with Crippen LogP contribution in [0.25, 0.3) is 0 Å². The van der Waals surface area contributed by atoms with Crippen molar-refractivity contribution in [1.82, 2.24) is 0 Å². The minimum Gasteiger partial charge on any atom is -0.491 e. The number of carbonyl (C=O) groups is 1. The lowest BCUT2D eigenvalue weighted by Gasteiger charge is -2.09. The highest BCUT2D eigenvalue weighted by atomic mass is 16.6. The quantitative estimate of drug-likeness (QED) is 0.0901. The normalized spacial score (nSPS) is 11.1. The zero-order valence-corrected chi connectivity index (χ0v) is 21.6. The third kappa shape index (κ3) is 21.6. The van der Waals surface area contributed by atoms with Crippen molar-refractivity contribution in [1.29, 1.82) is 0 Å². The van der Waals surface area contributed by atoms with Crippen LogP contribution >= 0.6 is 0 Å². The van der Waals surface area contributed by atoms with E-state index in [9.17, 15) is 14.9 Å². The summed E-state index contributed by atoms with van der Waals surface area (Å²) in [7, 11) is 0. The number of nitro groups is 1. The van der Waals surface area contributed by atoms with Crippen LogP contribution in [0.5, 0.6) is 5.75 Å². The average Bonchev–Trinajstić information content (AvgIpc) is 2.90. The van der Waals surface area contributed by atoms with Crippen molar-refractivity contribution in [3.05, 3.63) is 34.4 Å². The molecule has 0 saturated carbocycles.